The van der Waals surface area contributed by atoms with Crippen LogP contribution in [0.3, 0.4) is 0 Å². The summed E-state index contributed by atoms with van der Waals surface area (Å²) in [6.45, 7) is 3.57. The van der Waals surface area contributed by atoms with E-state index in [9.17, 15) is 4.79 Å². The molecule has 0 fully saturated rings. The van der Waals surface area contributed by atoms with E-state index in [1.807, 2.05) is 13.0 Å². The minimum absolute atomic E-state index is 0.0321. The molecule has 15 heavy (non-hydrogen) atoms. The molecule has 0 atom stereocenters. The normalized spacial score (nSPS) is 10.0. The SMILES string of the molecule is CCNCCC(=O)Nc1ncccc1Br. The van der Waals surface area contributed by atoms with Crippen LogP contribution in [0.4, 0.5) is 5.82 Å². The molecule has 0 aliphatic rings. The Morgan fingerprint density at radius 1 is 1.60 bits per heavy atom. The smallest absolute Gasteiger partial charge is 0.226 e. The lowest BCUT2D eigenvalue weighted by atomic mass is 10.4. The second-order valence-corrected chi connectivity index (χ2v) is 3.84. The van der Waals surface area contributed by atoms with Crippen LogP contribution in [-0.4, -0.2) is 24.0 Å². The van der Waals surface area contributed by atoms with Crippen LogP contribution in [0.15, 0.2) is 22.8 Å². The summed E-state index contributed by atoms with van der Waals surface area (Å²) in [5.41, 5.74) is 0. The van der Waals surface area contributed by atoms with Gasteiger partial charge in [0.05, 0.1) is 4.47 Å². The Hall–Kier alpha value is -0.940. The average Bonchev–Trinajstić information content (AvgIpc) is 2.22. The van der Waals surface area contributed by atoms with Crippen molar-refractivity contribution in [2.45, 2.75) is 13.3 Å². The van der Waals surface area contributed by atoms with Crippen LogP contribution < -0.4 is 10.6 Å². The van der Waals surface area contributed by atoms with Crippen molar-refractivity contribution in [2.75, 3.05) is 18.4 Å². The van der Waals surface area contributed by atoms with Crippen molar-refractivity contribution in [3.8, 4) is 0 Å². The zero-order chi connectivity index (χ0) is 11.1. The van der Waals surface area contributed by atoms with Gasteiger partial charge >= 0.3 is 0 Å². The predicted molar refractivity (Wildman–Crippen MR) is 63.7 cm³/mol. The minimum Gasteiger partial charge on any atom is -0.316 e. The van der Waals surface area contributed by atoms with Crippen molar-refractivity contribution >= 4 is 27.7 Å². The first kappa shape index (κ1) is 12.1. The maximum Gasteiger partial charge on any atom is 0.226 e. The monoisotopic (exact) mass is 271 g/mol. The van der Waals surface area contributed by atoms with E-state index in [1.54, 1.807) is 12.3 Å². The highest BCUT2D eigenvalue weighted by Crippen LogP contribution is 2.18. The van der Waals surface area contributed by atoms with Gasteiger partial charge in [0.1, 0.15) is 5.82 Å². The Balaban J connectivity index is 2.41. The topological polar surface area (TPSA) is 54.0 Å². The van der Waals surface area contributed by atoms with Crippen molar-refractivity contribution in [3.63, 3.8) is 0 Å². The summed E-state index contributed by atoms with van der Waals surface area (Å²) < 4.78 is 0.793. The van der Waals surface area contributed by atoms with Crippen LogP contribution >= 0.6 is 15.9 Å². The summed E-state index contributed by atoms with van der Waals surface area (Å²) in [5, 5.41) is 5.82. The molecule has 4 nitrogen and oxygen atoms in total. The van der Waals surface area contributed by atoms with Crippen LogP contribution in [0.2, 0.25) is 0 Å². The van der Waals surface area contributed by atoms with Gasteiger partial charge in [0.25, 0.3) is 0 Å². The van der Waals surface area contributed by atoms with E-state index in [4.69, 9.17) is 0 Å². The lowest BCUT2D eigenvalue weighted by molar-refractivity contribution is -0.116. The van der Waals surface area contributed by atoms with Crippen LogP contribution in [0.1, 0.15) is 13.3 Å². The first-order valence-corrected chi connectivity index (χ1v) is 5.64. The second kappa shape index (κ2) is 6.53. The first-order chi connectivity index (χ1) is 7.24. The Labute approximate surface area is 97.6 Å². The van der Waals surface area contributed by atoms with Gasteiger partial charge in [-0.15, -0.1) is 0 Å². The number of aromatic nitrogens is 1. The molecule has 0 bridgehead atoms. The zero-order valence-corrected chi connectivity index (χ0v) is 10.2. The number of anilines is 1. The van der Waals surface area contributed by atoms with Gasteiger partial charge in [0.2, 0.25) is 5.91 Å². The molecule has 0 saturated carbocycles. The number of halogens is 1. The molecule has 0 radical (unpaired) electrons. The van der Waals surface area contributed by atoms with Gasteiger partial charge in [0, 0.05) is 19.2 Å². The minimum atomic E-state index is -0.0321. The summed E-state index contributed by atoms with van der Waals surface area (Å²) in [5.74, 6) is 0.536. The maximum atomic E-state index is 11.4. The van der Waals surface area contributed by atoms with Gasteiger partial charge in [0.15, 0.2) is 0 Å². The van der Waals surface area contributed by atoms with Gasteiger partial charge in [-0.1, -0.05) is 6.92 Å². The Kier molecular flexibility index (Phi) is 5.28. The van der Waals surface area contributed by atoms with E-state index in [1.165, 1.54) is 0 Å². The summed E-state index contributed by atoms with van der Waals surface area (Å²) >= 11 is 3.31. The fourth-order valence-electron chi connectivity index (χ4n) is 1.05. The van der Waals surface area contributed by atoms with Gasteiger partial charge in [-0.3, -0.25) is 4.79 Å². The molecule has 1 heterocycles. The quantitative estimate of drug-likeness (QED) is 0.803. The molecule has 2 N–H and O–H groups in total. The number of pyridine rings is 1. The molecule has 0 saturated heterocycles. The third-order valence-electron chi connectivity index (χ3n) is 1.80. The number of hydrogen-bond acceptors (Lipinski definition) is 3. The second-order valence-electron chi connectivity index (χ2n) is 2.99. The van der Waals surface area contributed by atoms with Crippen molar-refractivity contribution < 1.29 is 4.79 Å². The van der Waals surface area contributed by atoms with Crippen molar-refractivity contribution in [3.05, 3.63) is 22.8 Å². The van der Waals surface area contributed by atoms with E-state index in [0.29, 0.717) is 18.8 Å². The van der Waals surface area contributed by atoms with E-state index >= 15 is 0 Å². The molecule has 0 aliphatic heterocycles. The van der Waals surface area contributed by atoms with E-state index in [-0.39, 0.29) is 5.91 Å². The highest BCUT2D eigenvalue weighted by molar-refractivity contribution is 9.10. The number of carbonyl (C=O) groups is 1. The molecular formula is C10H14BrN3O. The Morgan fingerprint density at radius 3 is 3.07 bits per heavy atom. The third kappa shape index (κ3) is 4.40. The molecule has 0 unspecified atom stereocenters. The van der Waals surface area contributed by atoms with Crippen molar-refractivity contribution in [2.24, 2.45) is 0 Å². The predicted octanol–water partition coefficient (Wildman–Crippen LogP) is 1.78. The highest BCUT2D eigenvalue weighted by atomic mass is 79.9. The molecule has 1 amide bonds. The number of nitrogens with one attached hydrogen (secondary N) is 2. The number of amides is 1. The molecular weight excluding hydrogens is 258 g/mol. The first-order valence-electron chi connectivity index (χ1n) is 4.85. The molecule has 0 aromatic carbocycles. The summed E-state index contributed by atoms with van der Waals surface area (Å²) in [6, 6.07) is 3.64. The fraction of sp³-hybridized carbons (Fsp3) is 0.400. The molecule has 82 valence electrons. The van der Waals surface area contributed by atoms with Crippen LogP contribution in [0, 0.1) is 0 Å². The molecule has 0 spiro atoms. The number of carbonyl (C=O) groups excluding carboxylic acids is 1. The van der Waals surface area contributed by atoms with Gasteiger partial charge in [-0.25, -0.2) is 4.98 Å². The van der Waals surface area contributed by atoms with Gasteiger partial charge in [-0.05, 0) is 34.6 Å². The standard InChI is InChI=1S/C10H14BrN3O/c1-2-12-7-5-9(15)14-10-8(11)4-3-6-13-10/h3-4,6,12H,2,5,7H2,1H3,(H,13,14,15). The van der Waals surface area contributed by atoms with E-state index < -0.39 is 0 Å². The summed E-state index contributed by atoms with van der Waals surface area (Å²) in [6.07, 6.45) is 2.10. The van der Waals surface area contributed by atoms with Crippen LogP contribution in [0.5, 0.6) is 0 Å². The molecule has 1 aromatic rings. The number of rotatable bonds is 5. The number of hydrogen-bond donors (Lipinski definition) is 2. The van der Waals surface area contributed by atoms with E-state index in [2.05, 4.69) is 31.5 Å². The van der Waals surface area contributed by atoms with Gasteiger partial charge in [-0.2, -0.15) is 0 Å². The zero-order valence-electron chi connectivity index (χ0n) is 8.59. The van der Waals surface area contributed by atoms with Crippen LogP contribution in [-0.2, 0) is 4.79 Å². The summed E-state index contributed by atoms with van der Waals surface area (Å²) in [7, 11) is 0. The highest BCUT2D eigenvalue weighted by Gasteiger charge is 2.04. The Morgan fingerprint density at radius 2 is 2.40 bits per heavy atom. The largest absolute Gasteiger partial charge is 0.316 e. The van der Waals surface area contributed by atoms with Gasteiger partial charge < -0.3 is 10.6 Å². The van der Waals surface area contributed by atoms with Crippen molar-refractivity contribution in [1.29, 1.82) is 0 Å². The number of nitrogens with zero attached hydrogens (tertiary/aromatic N) is 1. The molecule has 5 heteroatoms. The molecule has 0 aliphatic carbocycles. The summed E-state index contributed by atoms with van der Waals surface area (Å²) in [4.78, 5) is 15.5. The van der Waals surface area contributed by atoms with E-state index in [0.717, 1.165) is 11.0 Å². The molecule has 1 aromatic heterocycles. The lowest BCUT2D eigenvalue weighted by Crippen LogP contribution is -2.21. The van der Waals surface area contributed by atoms with Crippen LogP contribution in [0.25, 0.3) is 0 Å². The lowest BCUT2D eigenvalue weighted by Gasteiger charge is -2.05. The average molecular weight is 272 g/mol. The third-order valence-corrected chi connectivity index (χ3v) is 2.44. The molecule has 1 rings (SSSR count). The van der Waals surface area contributed by atoms with Crippen molar-refractivity contribution in [1.82, 2.24) is 10.3 Å². The maximum absolute atomic E-state index is 11.4. The Bertz CT molecular complexity index is 330. The fourth-order valence-corrected chi connectivity index (χ4v) is 1.41.